The van der Waals surface area contributed by atoms with E-state index in [2.05, 4.69) is 0 Å². The lowest BCUT2D eigenvalue weighted by atomic mass is 9.91. The van der Waals surface area contributed by atoms with Gasteiger partial charge in [-0.15, -0.1) is 0 Å². The number of carbonyl (C=O) groups excluding carboxylic acids is 1. The molecule has 1 fully saturated rings. The highest BCUT2D eigenvalue weighted by molar-refractivity contribution is 6.02. The molecule has 0 amide bonds. The fourth-order valence-electron chi connectivity index (χ4n) is 2.05. The Morgan fingerprint density at radius 1 is 1.50 bits per heavy atom. The van der Waals surface area contributed by atoms with Gasteiger partial charge in [0, 0.05) is 12.2 Å². The molecule has 1 atom stereocenters. The maximum atomic E-state index is 13.1. The minimum atomic E-state index is -0.718. The quantitative estimate of drug-likeness (QED) is 0.719. The third-order valence-electron chi connectivity index (χ3n) is 3.12. The van der Waals surface area contributed by atoms with Crippen molar-refractivity contribution in [1.82, 2.24) is 0 Å². The predicted molar refractivity (Wildman–Crippen MR) is 59.1 cm³/mol. The van der Waals surface area contributed by atoms with Crippen molar-refractivity contribution in [3.63, 3.8) is 0 Å². The van der Waals surface area contributed by atoms with Crippen LogP contribution in [0.2, 0.25) is 0 Å². The van der Waals surface area contributed by atoms with Crippen LogP contribution in [0.25, 0.3) is 0 Å². The van der Waals surface area contributed by atoms with Crippen LogP contribution < -0.4 is 0 Å². The van der Waals surface area contributed by atoms with Crippen molar-refractivity contribution in [2.45, 2.75) is 32.3 Å². The van der Waals surface area contributed by atoms with Gasteiger partial charge in [-0.3, -0.25) is 4.79 Å². The van der Waals surface area contributed by atoms with Crippen LogP contribution in [0, 0.1) is 12.7 Å². The van der Waals surface area contributed by atoms with E-state index in [9.17, 15) is 9.18 Å². The van der Waals surface area contributed by atoms with Crippen LogP contribution in [0.3, 0.4) is 0 Å². The van der Waals surface area contributed by atoms with Gasteiger partial charge in [-0.25, -0.2) is 4.39 Å². The number of rotatable bonds is 2. The summed E-state index contributed by atoms with van der Waals surface area (Å²) in [7, 11) is 0. The van der Waals surface area contributed by atoms with Gasteiger partial charge in [0.15, 0.2) is 5.78 Å². The lowest BCUT2D eigenvalue weighted by molar-refractivity contribution is 0.0213. The van der Waals surface area contributed by atoms with E-state index in [4.69, 9.17) is 4.74 Å². The van der Waals surface area contributed by atoms with Gasteiger partial charge in [-0.1, -0.05) is 0 Å². The zero-order valence-corrected chi connectivity index (χ0v) is 9.55. The van der Waals surface area contributed by atoms with Crippen molar-refractivity contribution in [2.24, 2.45) is 0 Å². The molecule has 1 aliphatic rings. The maximum Gasteiger partial charge on any atom is 0.194 e. The van der Waals surface area contributed by atoms with Crippen LogP contribution in [0.15, 0.2) is 18.2 Å². The first-order valence-corrected chi connectivity index (χ1v) is 5.48. The minimum Gasteiger partial charge on any atom is -0.367 e. The van der Waals surface area contributed by atoms with E-state index >= 15 is 0 Å². The van der Waals surface area contributed by atoms with Crippen molar-refractivity contribution in [3.8, 4) is 0 Å². The Morgan fingerprint density at radius 2 is 2.25 bits per heavy atom. The molecule has 0 aliphatic carbocycles. The zero-order valence-electron chi connectivity index (χ0n) is 9.55. The summed E-state index contributed by atoms with van der Waals surface area (Å²) in [6.45, 7) is 4.09. The third-order valence-corrected chi connectivity index (χ3v) is 3.12. The van der Waals surface area contributed by atoms with E-state index < -0.39 is 5.60 Å². The lowest BCUT2D eigenvalue weighted by Gasteiger charge is -2.21. The average molecular weight is 222 g/mol. The number of Topliss-reactive ketones (excluding diaryl/α,β-unsaturated/α-hetero) is 1. The number of aryl methyl sites for hydroxylation is 1. The molecule has 1 saturated heterocycles. The van der Waals surface area contributed by atoms with Gasteiger partial charge in [-0.05, 0) is 50.5 Å². The van der Waals surface area contributed by atoms with Crippen molar-refractivity contribution >= 4 is 5.78 Å². The molecule has 16 heavy (non-hydrogen) atoms. The Labute approximate surface area is 94.4 Å². The highest BCUT2D eigenvalue weighted by atomic mass is 19.1. The Balaban J connectivity index is 2.30. The van der Waals surface area contributed by atoms with Crippen molar-refractivity contribution in [3.05, 3.63) is 35.1 Å². The van der Waals surface area contributed by atoms with Gasteiger partial charge >= 0.3 is 0 Å². The van der Waals surface area contributed by atoms with Gasteiger partial charge in [0.2, 0.25) is 0 Å². The van der Waals surface area contributed by atoms with Crippen molar-refractivity contribution in [2.75, 3.05) is 6.61 Å². The van der Waals surface area contributed by atoms with E-state index in [-0.39, 0.29) is 11.6 Å². The minimum absolute atomic E-state index is 0.0481. The number of benzene rings is 1. The maximum absolute atomic E-state index is 13.1. The number of ketones is 1. The highest BCUT2D eigenvalue weighted by Gasteiger charge is 2.38. The molecule has 0 saturated carbocycles. The van der Waals surface area contributed by atoms with Crippen molar-refractivity contribution < 1.29 is 13.9 Å². The van der Waals surface area contributed by atoms with E-state index in [1.807, 2.05) is 0 Å². The predicted octanol–water partition coefficient (Wildman–Crippen LogP) is 2.89. The monoisotopic (exact) mass is 222 g/mol. The molecule has 1 heterocycles. The van der Waals surface area contributed by atoms with Crippen LogP contribution in [0.5, 0.6) is 0 Å². The van der Waals surface area contributed by atoms with E-state index in [0.717, 1.165) is 12.8 Å². The third kappa shape index (κ3) is 1.87. The molecule has 1 aliphatic heterocycles. The number of hydrogen-bond donors (Lipinski definition) is 0. The van der Waals surface area contributed by atoms with Gasteiger partial charge in [0.1, 0.15) is 11.4 Å². The van der Waals surface area contributed by atoms with Gasteiger partial charge < -0.3 is 4.74 Å². The highest BCUT2D eigenvalue weighted by Crippen LogP contribution is 2.29. The molecule has 2 nitrogen and oxygen atoms in total. The molecule has 1 unspecified atom stereocenters. The summed E-state index contributed by atoms with van der Waals surface area (Å²) in [4.78, 5) is 12.2. The second kappa shape index (κ2) is 3.98. The Morgan fingerprint density at radius 3 is 2.81 bits per heavy atom. The van der Waals surface area contributed by atoms with Gasteiger partial charge in [0.05, 0.1) is 0 Å². The molecule has 1 aromatic rings. The number of halogens is 1. The molecule has 1 aromatic carbocycles. The van der Waals surface area contributed by atoms with Gasteiger partial charge in [0.25, 0.3) is 0 Å². The average Bonchev–Trinajstić information content (AvgIpc) is 2.70. The molecule has 0 aromatic heterocycles. The zero-order chi connectivity index (χ0) is 11.8. The first-order chi connectivity index (χ1) is 7.53. The summed E-state index contributed by atoms with van der Waals surface area (Å²) in [5.41, 5.74) is 0.306. The summed E-state index contributed by atoms with van der Waals surface area (Å²) in [6.07, 6.45) is 1.64. The number of carbonyl (C=O) groups is 1. The summed E-state index contributed by atoms with van der Waals surface area (Å²) in [6, 6.07) is 4.45. The standard InChI is InChI=1S/C13H15FO2/c1-9-8-10(4-5-11(9)14)12(15)13(2)6-3-7-16-13/h4-5,8H,3,6-7H2,1-2H3. The largest absolute Gasteiger partial charge is 0.367 e. The fraction of sp³-hybridized carbons (Fsp3) is 0.462. The first-order valence-electron chi connectivity index (χ1n) is 5.48. The Kier molecular flexibility index (Phi) is 2.80. The lowest BCUT2D eigenvalue weighted by Crippen LogP contribution is -2.34. The van der Waals surface area contributed by atoms with E-state index in [1.165, 1.54) is 12.1 Å². The summed E-state index contributed by atoms with van der Waals surface area (Å²) in [5.74, 6) is -0.331. The summed E-state index contributed by atoms with van der Waals surface area (Å²) >= 11 is 0. The SMILES string of the molecule is Cc1cc(C(=O)C2(C)CCCO2)ccc1F. The smallest absolute Gasteiger partial charge is 0.194 e. The number of hydrogen-bond acceptors (Lipinski definition) is 2. The molecule has 0 radical (unpaired) electrons. The molecule has 2 rings (SSSR count). The second-order valence-electron chi connectivity index (χ2n) is 4.48. The van der Waals surface area contributed by atoms with E-state index in [0.29, 0.717) is 17.7 Å². The fourth-order valence-corrected chi connectivity index (χ4v) is 2.05. The topological polar surface area (TPSA) is 26.3 Å². The summed E-state index contributed by atoms with van der Waals surface area (Å²) < 4.78 is 18.6. The van der Waals surface area contributed by atoms with Crippen LogP contribution in [0.1, 0.15) is 35.7 Å². The Hall–Kier alpha value is -1.22. The normalized spacial score (nSPS) is 24.7. The second-order valence-corrected chi connectivity index (χ2v) is 4.48. The van der Waals surface area contributed by atoms with Crippen molar-refractivity contribution in [1.29, 1.82) is 0 Å². The van der Waals surface area contributed by atoms with Crippen LogP contribution in [-0.4, -0.2) is 18.0 Å². The van der Waals surface area contributed by atoms with Crippen LogP contribution in [0.4, 0.5) is 4.39 Å². The van der Waals surface area contributed by atoms with E-state index in [1.54, 1.807) is 19.9 Å². The summed E-state index contributed by atoms with van der Waals surface area (Å²) in [5, 5.41) is 0. The molecular weight excluding hydrogens is 207 g/mol. The molecule has 0 N–H and O–H groups in total. The molecule has 0 spiro atoms. The Bertz CT molecular complexity index is 420. The first kappa shape index (κ1) is 11.3. The van der Waals surface area contributed by atoms with Crippen LogP contribution in [-0.2, 0) is 4.74 Å². The molecule has 0 bridgehead atoms. The molecule has 86 valence electrons. The molecule has 3 heteroatoms. The number of ether oxygens (including phenoxy) is 1. The molecular formula is C13H15FO2. The van der Waals surface area contributed by atoms with Gasteiger partial charge in [-0.2, -0.15) is 0 Å². The van der Waals surface area contributed by atoms with Crippen LogP contribution >= 0.6 is 0 Å².